The van der Waals surface area contributed by atoms with Gasteiger partial charge in [-0.05, 0) is 54.7 Å². The summed E-state index contributed by atoms with van der Waals surface area (Å²) in [4.78, 5) is 36.7. The van der Waals surface area contributed by atoms with Crippen LogP contribution in [0.2, 0.25) is 0 Å². The van der Waals surface area contributed by atoms with E-state index in [1.165, 1.54) is 12.1 Å². The Balaban J connectivity index is 0.000000317. The van der Waals surface area contributed by atoms with Gasteiger partial charge in [-0.15, -0.1) is 0 Å². The van der Waals surface area contributed by atoms with E-state index in [9.17, 15) is 35.5 Å². The lowest BCUT2D eigenvalue weighted by Gasteiger charge is -2.39. The maximum absolute atomic E-state index is 13.0. The first-order valence-corrected chi connectivity index (χ1v) is 11.3. The van der Waals surface area contributed by atoms with E-state index in [0.29, 0.717) is 0 Å². The van der Waals surface area contributed by atoms with Gasteiger partial charge in [-0.2, -0.15) is 26.3 Å². The van der Waals surface area contributed by atoms with Crippen molar-refractivity contribution >= 4 is 17.8 Å². The minimum absolute atomic E-state index is 0.0633. The third kappa shape index (κ3) is 9.81. The fourth-order valence-electron chi connectivity index (χ4n) is 4.06. The zero-order valence-electron chi connectivity index (χ0n) is 20.1. The van der Waals surface area contributed by atoms with Crippen molar-refractivity contribution in [2.75, 3.05) is 13.1 Å². The molecule has 2 aromatic rings. The zero-order valence-corrected chi connectivity index (χ0v) is 20.1. The molecule has 1 spiro atoms. The van der Waals surface area contributed by atoms with Crippen molar-refractivity contribution < 1.29 is 55.3 Å². The average Bonchev–Trinajstić information content (AvgIpc) is 3.18. The summed E-state index contributed by atoms with van der Waals surface area (Å²) < 4.78 is 76.5. The summed E-state index contributed by atoms with van der Waals surface area (Å²) in [6.45, 7) is 2.72. The zero-order chi connectivity index (χ0) is 29.4. The molecule has 0 saturated carbocycles. The van der Waals surface area contributed by atoms with Crippen LogP contribution in [0.5, 0.6) is 0 Å². The molecule has 2 saturated heterocycles. The molecule has 0 aliphatic carbocycles. The third-order valence-electron chi connectivity index (χ3n) is 6.03. The number of nitrogens with zero attached hydrogens (tertiary/aromatic N) is 2. The van der Waals surface area contributed by atoms with E-state index in [-0.39, 0.29) is 23.2 Å². The Hall–Kier alpha value is -3.75. The molecule has 4 rings (SSSR count). The highest BCUT2D eigenvalue weighted by Gasteiger charge is 2.46. The number of rotatable bonds is 3. The summed E-state index contributed by atoms with van der Waals surface area (Å²) in [6, 6.07) is 10.6. The molecule has 0 radical (unpaired) electrons. The molecule has 1 amide bonds. The third-order valence-corrected chi connectivity index (χ3v) is 6.03. The number of aliphatic carboxylic acids is 2. The number of halogens is 7. The van der Waals surface area contributed by atoms with E-state index in [2.05, 4.69) is 15.2 Å². The molecule has 2 aliphatic rings. The van der Waals surface area contributed by atoms with E-state index in [4.69, 9.17) is 19.8 Å². The molecule has 1 atom stereocenters. The van der Waals surface area contributed by atoms with E-state index in [1.54, 1.807) is 12.4 Å². The van der Waals surface area contributed by atoms with E-state index in [1.807, 2.05) is 24.3 Å². The van der Waals surface area contributed by atoms with Crippen molar-refractivity contribution in [2.45, 2.75) is 49.6 Å². The van der Waals surface area contributed by atoms with E-state index in [0.717, 1.165) is 50.0 Å². The monoisotopic (exact) mass is 567 g/mol. The molecule has 1 aromatic carbocycles. The SMILES string of the molecule is O=C(O)C(F)(F)F.O=C(O)C(F)(F)F.O=C1NC2(CCN(Cc3ccc(F)cc3)CC2)CC1c1ccncc1. The molecule has 39 heavy (non-hydrogen) atoms. The molecule has 1 aromatic heterocycles. The van der Waals surface area contributed by atoms with Crippen LogP contribution in [0.4, 0.5) is 30.7 Å². The normalized spacial score (nSPS) is 18.7. The Kier molecular flexibility index (Phi) is 10.4. The van der Waals surface area contributed by atoms with Gasteiger partial charge in [0.15, 0.2) is 0 Å². The maximum atomic E-state index is 13.0. The van der Waals surface area contributed by atoms with Gasteiger partial charge in [-0.25, -0.2) is 14.0 Å². The summed E-state index contributed by atoms with van der Waals surface area (Å²) in [5.74, 6) is -5.64. The summed E-state index contributed by atoms with van der Waals surface area (Å²) in [5, 5.41) is 17.5. The Morgan fingerprint density at radius 3 is 1.82 bits per heavy atom. The number of hydrogen-bond acceptors (Lipinski definition) is 5. The van der Waals surface area contributed by atoms with Crippen LogP contribution in [0, 0.1) is 5.82 Å². The van der Waals surface area contributed by atoms with Gasteiger partial charge in [-0.1, -0.05) is 12.1 Å². The lowest BCUT2D eigenvalue weighted by Crippen LogP contribution is -2.50. The van der Waals surface area contributed by atoms with Crippen molar-refractivity contribution in [3.63, 3.8) is 0 Å². The summed E-state index contributed by atoms with van der Waals surface area (Å²) in [5.41, 5.74) is 2.10. The van der Waals surface area contributed by atoms with Crippen LogP contribution >= 0.6 is 0 Å². The van der Waals surface area contributed by atoms with Crippen LogP contribution in [0.1, 0.15) is 36.3 Å². The average molecular weight is 567 g/mol. The Morgan fingerprint density at radius 2 is 1.38 bits per heavy atom. The summed E-state index contributed by atoms with van der Waals surface area (Å²) in [7, 11) is 0. The second-order valence-corrected chi connectivity index (χ2v) is 8.82. The number of carbonyl (C=O) groups excluding carboxylic acids is 1. The predicted octanol–water partition coefficient (Wildman–Crippen LogP) is 4.13. The standard InChI is InChI=1S/C20H22FN3O.2C2HF3O2/c21-17-3-1-15(2-4-17)14-24-11-7-20(8-12-24)13-18(19(25)23-20)16-5-9-22-10-6-16;2*3-2(4,5)1(6)7/h1-6,9-10,18H,7-8,11-14H2,(H,23,25);2*(H,6,7). The van der Waals surface area contributed by atoms with Crippen molar-refractivity contribution in [3.05, 3.63) is 65.7 Å². The number of benzene rings is 1. The Morgan fingerprint density at radius 1 is 0.923 bits per heavy atom. The number of hydrogen-bond donors (Lipinski definition) is 3. The molecule has 0 bridgehead atoms. The van der Waals surface area contributed by atoms with Crippen molar-refractivity contribution in [1.82, 2.24) is 15.2 Å². The number of likely N-dealkylation sites (tertiary alicyclic amines) is 1. The van der Waals surface area contributed by atoms with E-state index >= 15 is 0 Å². The number of carboxylic acid groups (broad SMARTS) is 2. The van der Waals surface area contributed by atoms with Gasteiger partial charge < -0.3 is 15.5 Å². The molecule has 15 heteroatoms. The largest absolute Gasteiger partial charge is 0.490 e. The second kappa shape index (κ2) is 12.9. The van der Waals surface area contributed by atoms with Gasteiger partial charge in [0.25, 0.3) is 0 Å². The number of pyridine rings is 1. The minimum Gasteiger partial charge on any atom is -0.475 e. The first kappa shape index (κ1) is 31.5. The Labute approximate surface area is 217 Å². The second-order valence-electron chi connectivity index (χ2n) is 8.82. The Bertz CT molecular complexity index is 1090. The highest BCUT2D eigenvalue weighted by Crippen LogP contribution is 2.39. The predicted molar refractivity (Wildman–Crippen MR) is 121 cm³/mol. The number of aromatic nitrogens is 1. The number of piperidine rings is 1. The number of carbonyl (C=O) groups is 3. The van der Waals surface area contributed by atoms with Gasteiger partial charge in [0.1, 0.15) is 5.82 Å². The van der Waals surface area contributed by atoms with Crippen LogP contribution in [0.3, 0.4) is 0 Å². The molecule has 1 unspecified atom stereocenters. The van der Waals surface area contributed by atoms with Crippen molar-refractivity contribution in [3.8, 4) is 0 Å². The van der Waals surface area contributed by atoms with Crippen LogP contribution in [0.15, 0.2) is 48.8 Å². The first-order valence-electron chi connectivity index (χ1n) is 11.3. The van der Waals surface area contributed by atoms with E-state index < -0.39 is 24.3 Å². The fraction of sp³-hybridized carbons (Fsp3) is 0.417. The molecular weight excluding hydrogens is 543 g/mol. The van der Waals surface area contributed by atoms with Crippen molar-refractivity contribution in [1.29, 1.82) is 0 Å². The van der Waals surface area contributed by atoms with Gasteiger partial charge >= 0.3 is 24.3 Å². The number of carboxylic acids is 2. The summed E-state index contributed by atoms with van der Waals surface area (Å²) >= 11 is 0. The number of nitrogens with one attached hydrogen (secondary N) is 1. The first-order chi connectivity index (χ1) is 18.0. The maximum Gasteiger partial charge on any atom is 0.490 e. The highest BCUT2D eigenvalue weighted by molar-refractivity contribution is 5.87. The van der Waals surface area contributed by atoms with Gasteiger partial charge in [0.05, 0.1) is 5.92 Å². The lowest BCUT2D eigenvalue weighted by molar-refractivity contribution is -0.193. The molecule has 8 nitrogen and oxygen atoms in total. The lowest BCUT2D eigenvalue weighted by atomic mass is 9.82. The topological polar surface area (TPSA) is 120 Å². The van der Waals surface area contributed by atoms with Crippen molar-refractivity contribution in [2.24, 2.45) is 0 Å². The highest BCUT2D eigenvalue weighted by atomic mass is 19.4. The molecule has 3 N–H and O–H groups in total. The number of alkyl halides is 6. The number of amides is 1. The smallest absolute Gasteiger partial charge is 0.475 e. The van der Waals surface area contributed by atoms with Crippen LogP contribution < -0.4 is 5.32 Å². The fourth-order valence-corrected chi connectivity index (χ4v) is 4.06. The van der Waals surface area contributed by atoms with Crippen LogP contribution in [0.25, 0.3) is 0 Å². The molecular formula is C24H24F7N3O5. The molecule has 2 fully saturated rings. The summed E-state index contributed by atoms with van der Waals surface area (Å²) in [6.07, 6.45) is -3.89. The molecule has 3 heterocycles. The quantitative estimate of drug-likeness (QED) is 0.478. The van der Waals surface area contributed by atoms with Crippen LogP contribution in [-0.2, 0) is 20.9 Å². The minimum atomic E-state index is -5.08. The van der Waals surface area contributed by atoms with Gasteiger partial charge in [0, 0.05) is 37.6 Å². The van der Waals surface area contributed by atoms with Crippen LogP contribution in [-0.4, -0.2) is 68.9 Å². The van der Waals surface area contributed by atoms with Gasteiger partial charge in [-0.3, -0.25) is 14.7 Å². The molecule has 2 aliphatic heterocycles. The van der Waals surface area contributed by atoms with Gasteiger partial charge in [0.2, 0.25) is 5.91 Å². The molecule has 214 valence electrons.